The van der Waals surface area contributed by atoms with Gasteiger partial charge >= 0.3 is 0 Å². The fourth-order valence-electron chi connectivity index (χ4n) is 1.58. The smallest absolute Gasteiger partial charge is 0.273 e. The third kappa shape index (κ3) is 3.64. The molecule has 1 amide bonds. The topological polar surface area (TPSA) is 103 Å². The SMILES string of the molecule is CCCc1cc(C(=O)NCc2noc(COC)n2)no1. The highest BCUT2D eigenvalue weighted by Gasteiger charge is 2.13. The molecule has 2 aromatic heterocycles. The largest absolute Gasteiger partial charge is 0.375 e. The molecule has 2 heterocycles. The molecule has 1 N–H and O–H groups in total. The summed E-state index contributed by atoms with van der Waals surface area (Å²) in [6, 6.07) is 1.63. The number of aromatic nitrogens is 3. The number of nitrogens with zero attached hydrogens (tertiary/aromatic N) is 3. The number of carbonyl (C=O) groups excluding carboxylic acids is 1. The summed E-state index contributed by atoms with van der Waals surface area (Å²) in [6.45, 7) is 2.42. The van der Waals surface area contributed by atoms with E-state index in [1.807, 2.05) is 6.92 Å². The van der Waals surface area contributed by atoms with Crippen molar-refractivity contribution in [2.24, 2.45) is 0 Å². The number of rotatable bonds is 7. The van der Waals surface area contributed by atoms with Crippen LogP contribution < -0.4 is 5.32 Å². The second kappa shape index (κ2) is 6.80. The Labute approximate surface area is 115 Å². The molecule has 8 nitrogen and oxygen atoms in total. The fourth-order valence-corrected chi connectivity index (χ4v) is 1.58. The molecule has 0 aliphatic rings. The first-order valence-corrected chi connectivity index (χ1v) is 6.27. The summed E-state index contributed by atoms with van der Waals surface area (Å²) in [7, 11) is 1.53. The third-order valence-corrected chi connectivity index (χ3v) is 2.47. The van der Waals surface area contributed by atoms with E-state index < -0.39 is 0 Å². The average molecular weight is 280 g/mol. The molecule has 0 saturated heterocycles. The fraction of sp³-hybridized carbons (Fsp3) is 0.500. The second-order valence-electron chi connectivity index (χ2n) is 4.15. The Morgan fingerprint density at radius 3 is 3.00 bits per heavy atom. The summed E-state index contributed by atoms with van der Waals surface area (Å²) in [4.78, 5) is 15.9. The van der Waals surface area contributed by atoms with Crippen LogP contribution in [0.15, 0.2) is 15.1 Å². The van der Waals surface area contributed by atoms with E-state index >= 15 is 0 Å². The van der Waals surface area contributed by atoms with Gasteiger partial charge in [-0.3, -0.25) is 4.79 Å². The predicted molar refractivity (Wildman–Crippen MR) is 66.7 cm³/mol. The molecule has 2 aromatic rings. The van der Waals surface area contributed by atoms with E-state index in [0.717, 1.165) is 12.8 Å². The number of nitrogens with one attached hydrogen (secondary N) is 1. The summed E-state index contributed by atoms with van der Waals surface area (Å²) >= 11 is 0. The van der Waals surface area contributed by atoms with Crippen molar-refractivity contribution in [3.8, 4) is 0 Å². The van der Waals surface area contributed by atoms with Crippen molar-refractivity contribution in [3.05, 3.63) is 29.2 Å². The van der Waals surface area contributed by atoms with E-state index in [0.29, 0.717) is 17.5 Å². The highest BCUT2D eigenvalue weighted by molar-refractivity contribution is 5.92. The lowest BCUT2D eigenvalue weighted by Gasteiger charge is -1.97. The number of hydrogen-bond donors (Lipinski definition) is 1. The van der Waals surface area contributed by atoms with E-state index in [1.54, 1.807) is 6.07 Å². The number of carbonyl (C=O) groups is 1. The van der Waals surface area contributed by atoms with Crippen LogP contribution in [0.2, 0.25) is 0 Å². The maximum atomic E-state index is 11.8. The van der Waals surface area contributed by atoms with Crippen LogP contribution in [0.25, 0.3) is 0 Å². The lowest BCUT2D eigenvalue weighted by molar-refractivity contribution is 0.0940. The molecular formula is C12H16N4O4. The molecule has 20 heavy (non-hydrogen) atoms. The van der Waals surface area contributed by atoms with Gasteiger partial charge in [0.25, 0.3) is 11.8 Å². The molecule has 0 aliphatic carbocycles. The van der Waals surface area contributed by atoms with E-state index in [9.17, 15) is 4.79 Å². The minimum absolute atomic E-state index is 0.155. The van der Waals surface area contributed by atoms with Crippen LogP contribution in [0, 0.1) is 0 Å². The Balaban J connectivity index is 1.87. The zero-order valence-electron chi connectivity index (χ0n) is 11.4. The zero-order valence-corrected chi connectivity index (χ0v) is 11.4. The van der Waals surface area contributed by atoms with Gasteiger partial charge in [0.1, 0.15) is 12.4 Å². The molecular weight excluding hydrogens is 264 g/mol. The molecule has 2 rings (SSSR count). The van der Waals surface area contributed by atoms with Crippen LogP contribution in [0.3, 0.4) is 0 Å². The maximum absolute atomic E-state index is 11.8. The van der Waals surface area contributed by atoms with Crippen molar-refractivity contribution in [2.75, 3.05) is 7.11 Å². The number of amides is 1. The van der Waals surface area contributed by atoms with E-state index in [1.165, 1.54) is 7.11 Å². The monoisotopic (exact) mass is 280 g/mol. The first-order chi connectivity index (χ1) is 9.72. The van der Waals surface area contributed by atoms with Crippen LogP contribution in [-0.4, -0.2) is 28.3 Å². The third-order valence-electron chi connectivity index (χ3n) is 2.47. The van der Waals surface area contributed by atoms with Crippen LogP contribution >= 0.6 is 0 Å². The molecule has 0 bridgehead atoms. The van der Waals surface area contributed by atoms with Gasteiger partial charge in [-0.15, -0.1) is 0 Å². The van der Waals surface area contributed by atoms with Gasteiger partial charge < -0.3 is 19.1 Å². The minimum atomic E-state index is -0.339. The number of ether oxygens (including phenoxy) is 1. The van der Waals surface area contributed by atoms with Crippen molar-refractivity contribution in [3.63, 3.8) is 0 Å². The predicted octanol–water partition coefficient (Wildman–Crippen LogP) is 1.09. The van der Waals surface area contributed by atoms with Gasteiger partial charge in [-0.1, -0.05) is 17.2 Å². The van der Waals surface area contributed by atoms with Gasteiger partial charge in [-0.05, 0) is 6.42 Å². The Kier molecular flexibility index (Phi) is 4.83. The van der Waals surface area contributed by atoms with Gasteiger partial charge in [0, 0.05) is 19.6 Å². The molecule has 0 radical (unpaired) electrons. The first kappa shape index (κ1) is 14.2. The van der Waals surface area contributed by atoms with Gasteiger partial charge in [0.2, 0.25) is 0 Å². The highest BCUT2D eigenvalue weighted by atomic mass is 16.5. The van der Waals surface area contributed by atoms with E-state index in [2.05, 4.69) is 20.6 Å². The van der Waals surface area contributed by atoms with Gasteiger partial charge in [-0.25, -0.2) is 0 Å². The van der Waals surface area contributed by atoms with Crippen LogP contribution in [0.5, 0.6) is 0 Å². The molecule has 108 valence electrons. The van der Waals surface area contributed by atoms with Crippen LogP contribution in [-0.2, 0) is 24.3 Å². The Bertz CT molecular complexity index is 563. The molecule has 0 spiro atoms. The minimum Gasteiger partial charge on any atom is -0.375 e. The van der Waals surface area contributed by atoms with Crippen molar-refractivity contribution in [2.45, 2.75) is 32.9 Å². The quantitative estimate of drug-likeness (QED) is 0.809. The normalized spacial score (nSPS) is 10.7. The number of methoxy groups -OCH3 is 1. The number of aryl methyl sites for hydroxylation is 1. The van der Waals surface area contributed by atoms with Gasteiger partial charge in [0.05, 0.1) is 6.54 Å². The van der Waals surface area contributed by atoms with Crippen molar-refractivity contribution in [1.82, 2.24) is 20.6 Å². The maximum Gasteiger partial charge on any atom is 0.273 e. The lowest BCUT2D eigenvalue weighted by atomic mass is 10.2. The second-order valence-corrected chi connectivity index (χ2v) is 4.15. The van der Waals surface area contributed by atoms with Crippen LogP contribution in [0.1, 0.15) is 41.3 Å². The summed E-state index contributed by atoms with van der Waals surface area (Å²) in [6.07, 6.45) is 1.69. The van der Waals surface area contributed by atoms with Gasteiger partial charge in [0.15, 0.2) is 11.5 Å². The first-order valence-electron chi connectivity index (χ1n) is 6.27. The molecule has 0 fully saturated rings. The van der Waals surface area contributed by atoms with E-state index in [4.69, 9.17) is 13.8 Å². The number of hydrogen-bond acceptors (Lipinski definition) is 7. The molecule has 8 heteroatoms. The summed E-state index contributed by atoms with van der Waals surface area (Å²) < 4.78 is 14.8. The molecule has 0 aliphatic heterocycles. The Morgan fingerprint density at radius 2 is 2.25 bits per heavy atom. The highest BCUT2D eigenvalue weighted by Crippen LogP contribution is 2.06. The lowest BCUT2D eigenvalue weighted by Crippen LogP contribution is -2.23. The van der Waals surface area contributed by atoms with Crippen molar-refractivity contribution in [1.29, 1.82) is 0 Å². The standard InChI is InChI=1S/C12H16N4O4/c1-3-4-8-5-9(15-19-8)12(17)13-6-10-14-11(7-18-2)20-16-10/h5H,3-4,6-7H2,1-2H3,(H,13,17). The van der Waals surface area contributed by atoms with E-state index in [-0.39, 0.29) is 24.8 Å². The van der Waals surface area contributed by atoms with Crippen molar-refractivity contribution < 1.29 is 18.6 Å². The molecule has 0 saturated carbocycles. The van der Waals surface area contributed by atoms with Gasteiger partial charge in [-0.2, -0.15) is 4.98 Å². The molecule has 0 atom stereocenters. The van der Waals surface area contributed by atoms with Crippen LogP contribution in [0.4, 0.5) is 0 Å². The molecule has 0 unspecified atom stereocenters. The molecule has 0 aromatic carbocycles. The zero-order chi connectivity index (χ0) is 14.4. The Morgan fingerprint density at radius 1 is 1.40 bits per heavy atom. The Hall–Kier alpha value is -2.22. The average Bonchev–Trinajstić information content (AvgIpc) is 3.06. The van der Waals surface area contributed by atoms with Crippen molar-refractivity contribution >= 4 is 5.91 Å². The summed E-state index contributed by atoms with van der Waals surface area (Å²) in [5.74, 6) is 1.10. The summed E-state index contributed by atoms with van der Waals surface area (Å²) in [5, 5.41) is 10.1. The summed E-state index contributed by atoms with van der Waals surface area (Å²) in [5.41, 5.74) is 0.244.